The number of pyridine rings is 1. The Labute approximate surface area is 304 Å². The van der Waals surface area contributed by atoms with E-state index in [1.54, 1.807) is 6.92 Å². The van der Waals surface area contributed by atoms with E-state index in [1.165, 1.54) is 39.1 Å². The van der Waals surface area contributed by atoms with Gasteiger partial charge < -0.3 is 37.9 Å². The van der Waals surface area contributed by atoms with E-state index in [-0.39, 0.29) is 11.3 Å². The highest BCUT2D eigenvalue weighted by Gasteiger charge is 2.88. The van der Waals surface area contributed by atoms with E-state index in [0.717, 1.165) is 34.6 Å². The molecule has 17 nitrogen and oxygen atoms in total. The van der Waals surface area contributed by atoms with Gasteiger partial charge >= 0.3 is 41.8 Å². The summed E-state index contributed by atoms with van der Waals surface area (Å²) in [6, 6.07) is 2.95. The Morgan fingerprint density at radius 3 is 2.02 bits per heavy atom. The molecule has 12 atom stereocenters. The zero-order chi connectivity index (χ0) is 39.4. The molecule has 2 aliphatic heterocycles. The van der Waals surface area contributed by atoms with Crippen LogP contribution in [0.25, 0.3) is 0 Å². The lowest BCUT2D eigenvalue weighted by Gasteiger charge is -2.64. The number of hydrogen-bond donors (Lipinski definition) is 0. The van der Waals surface area contributed by atoms with E-state index >= 15 is 4.79 Å². The van der Waals surface area contributed by atoms with Crippen LogP contribution in [0.2, 0.25) is 0 Å². The Balaban J connectivity index is 1.93. The molecule has 3 fully saturated rings. The van der Waals surface area contributed by atoms with Gasteiger partial charge in [0.15, 0.2) is 24.1 Å². The van der Waals surface area contributed by atoms with Crippen molar-refractivity contribution < 1.29 is 76.3 Å². The first-order chi connectivity index (χ1) is 24.7. The zero-order valence-corrected chi connectivity index (χ0v) is 30.8. The highest BCUT2D eigenvalue weighted by molar-refractivity contribution is 5.94. The molecule has 1 aromatic rings. The third-order valence-corrected chi connectivity index (χ3v) is 10.9. The van der Waals surface area contributed by atoms with Crippen LogP contribution >= 0.6 is 0 Å². The molecule has 0 unspecified atom stereocenters. The number of aromatic nitrogens is 1. The van der Waals surface area contributed by atoms with Crippen LogP contribution in [0, 0.1) is 23.2 Å². The fourth-order valence-corrected chi connectivity index (χ4v) is 8.69. The lowest BCUT2D eigenvalue weighted by molar-refractivity contribution is -0.336. The van der Waals surface area contributed by atoms with Gasteiger partial charge in [0.2, 0.25) is 0 Å². The SMILES string of the molecule is CC(=O)OC[C@]12[C@H](OC(C)=O)C(=O)[C@@H]3[C@@H](OC(C)=O)[C@@]14O[C@@]3(C)COC(=O)c1cccnc1[C@@H](C)[C@H](C)C(=O)O[C@@H]([C@H](OC(C)=O)[C@@H]2OC(C)=O)[C@H]4C. The summed E-state index contributed by atoms with van der Waals surface area (Å²) < 4.78 is 48.0. The third-order valence-electron chi connectivity index (χ3n) is 10.9. The van der Waals surface area contributed by atoms with Crippen molar-refractivity contribution in [2.24, 2.45) is 23.2 Å². The second-order valence-corrected chi connectivity index (χ2v) is 14.3. The number of nitrogens with zero attached hydrogens (tertiary/aromatic N) is 1. The van der Waals surface area contributed by atoms with Crippen LogP contribution in [0.3, 0.4) is 0 Å². The Morgan fingerprint density at radius 1 is 0.830 bits per heavy atom. The molecule has 0 radical (unpaired) electrons. The van der Waals surface area contributed by atoms with Crippen molar-refractivity contribution in [3.05, 3.63) is 29.6 Å². The van der Waals surface area contributed by atoms with Gasteiger partial charge in [-0.25, -0.2) is 4.79 Å². The normalized spacial score (nSPS) is 37.5. The molecule has 0 N–H and O–H groups in total. The quantitative estimate of drug-likeness (QED) is 0.298. The van der Waals surface area contributed by atoms with Crippen molar-refractivity contribution in [3.63, 3.8) is 0 Å². The summed E-state index contributed by atoms with van der Waals surface area (Å²) in [4.78, 5) is 112. The maximum Gasteiger partial charge on any atom is 0.340 e. The molecule has 0 amide bonds. The molecule has 17 heteroatoms. The molecule has 1 aromatic heterocycles. The average Bonchev–Trinajstić information content (AvgIpc) is 3.29. The van der Waals surface area contributed by atoms with E-state index in [1.807, 2.05) is 0 Å². The second kappa shape index (κ2) is 14.1. The molecule has 4 aliphatic rings. The van der Waals surface area contributed by atoms with E-state index in [9.17, 15) is 33.6 Å². The van der Waals surface area contributed by atoms with Crippen molar-refractivity contribution >= 4 is 47.6 Å². The lowest BCUT2D eigenvalue weighted by atomic mass is 9.46. The summed E-state index contributed by atoms with van der Waals surface area (Å²) in [5, 5.41) is 0. The van der Waals surface area contributed by atoms with Crippen molar-refractivity contribution in [2.75, 3.05) is 13.2 Å². The van der Waals surface area contributed by atoms with Crippen molar-refractivity contribution in [2.45, 2.75) is 110 Å². The molecule has 53 heavy (non-hydrogen) atoms. The molecule has 0 aromatic carbocycles. The molecule has 2 saturated carbocycles. The summed E-state index contributed by atoms with van der Waals surface area (Å²) in [6.45, 7) is 9.69. The van der Waals surface area contributed by atoms with Crippen molar-refractivity contribution in [1.82, 2.24) is 4.98 Å². The number of ether oxygens (including phenoxy) is 8. The Bertz CT molecular complexity index is 1740. The third kappa shape index (κ3) is 6.31. The topological polar surface area (TPSA) is 223 Å². The van der Waals surface area contributed by atoms with Gasteiger partial charge in [-0.15, -0.1) is 0 Å². The number of esters is 7. The smallest absolute Gasteiger partial charge is 0.340 e. The van der Waals surface area contributed by atoms with Gasteiger partial charge in [-0.2, -0.15) is 0 Å². The molecule has 288 valence electrons. The highest BCUT2D eigenvalue weighted by Crippen LogP contribution is 2.67. The largest absolute Gasteiger partial charge is 0.465 e. The second-order valence-electron chi connectivity index (χ2n) is 14.3. The van der Waals surface area contributed by atoms with Crippen LogP contribution in [0.15, 0.2) is 18.3 Å². The van der Waals surface area contributed by atoms with E-state index < -0.39 is 132 Å². The van der Waals surface area contributed by atoms with Gasteiger partial charge in [0.1, 0.15) is 42.0 Å². The maximum atomic E-state index is 15.0. The minimum Gasteiger partial charge on any atom is -0.465 e. The first-order valence-corrected chi connectivity index (χ1v) is 17.1. The summed E-state index contributed by atoms with van der Waals surface area (Å²) in [7, 11) is 0. The number of cyclic esters (lactones) is 1. The molecule has 1 saturated heterocycles. The van der Waals surface area contributed by atoms with Crippen LogP contribution < -0.4 is 0 Å². The first kappa shape index (κ1) is 39.3. The molecule has 2 aliphatic carbocycles. The minimum atomic E-state index is -2.37. The number of carbonyl (C=O) groups is 8. The molecular formula is C36H43NO16. The number of carbonyl (C=O) groups excluding carboxylic acids is 8. The molecule has 4 bridgehead atoms. The van der Waals surface area contributed by atoms with Crippen molar-refractivity contribution in [1.29, 1.82) is 0 Å². The summed E-state index contributed by atoms with van der Waals surface area (Å²) in [5.41, 5.74) is -6.33. The fourth-order valence-electron chi connectivity index (χ4n) is 8.69. The monoisotopic (exact) mass is 745 g/mol. The van der Waals surface area contributed by atoms with Crippen LogP contribution in [0.5, 0.6) is 0 Å². The summed E-state index contributed by atoms with van der Waals surface area (Å²) >= 11 is 0. The molecule has 5 rings (SSSR count). The van der Waals surface area contributed by atoms with Gasteiger partial charge in [0, 0.05) is 52.7 Å². The van der Waals surface area contributed by atoms with Gasteiger partial charge in [-0.05, 0) is 19.1 Å². The number of hydrogen-bond acceptors (Lipinski definition) is 17. The van der Waals surface area contributed by atoms with E-state index in [4.69, 9.17) is 37.9 Å². The van der Waals surface area contributed by atoms with Crippen LogP contribution in [-0.2, 0) is 71.5 Å². The average molecular weight is 746 g/mol. The number of fused-ring (bicyclic) bond motifs is 5. The maximum absolute atomic E-state index is 15.0. The Hall–Kier alpha value is -4.93. The number of rotatable bonds is 6. The first-order valence-electron chi connectivity index (χ1n) is 17.1. The fraction of sp³-hybridized carbons (Fsp3) is 0.639. The van der Waals surface area contributed by atoms with Crippen LogP contribution in [-0.4, -0.2) is 107 Å². The summed E-state index contributed by atoms with van der Waals surface area (Å²) in [6.07, 6.45) is -7.54. The zero-order valence-electron chi connectivity index (χ0n) is 30.8. The standard InChI is InChI=1S/C36H43NO16/c1-15-16(2)32(44)52-27-17(3)36-29(49-20(6)40)24(34(9,53-36)13-47-33(45)23-11-10-12-37-25(15)23)26(43)30(50-21(7)41)35(36,14-46-18(4)38)31(51-22(8)42)28(27)48-19(5)39/h10-12,15-17,24,27-31H,13-14H2,1-9H3/t15-,16-,17+,24+,27+,28-,29+,30+,31-,34-,35+,36+/m0/s1. The van der Waals surface area contributed by atoms with Gasteiger partial charge in [-0.3, -0.25) is 38.5 Å². The number of Topliss-reactive ketones (excluding diaryl/α,β-unsaturated/α-hetero) is 1. The van der Waals surface area contributed by atoms with Gasteiger partial charge in [-0.1, -0.05) is 20.8 Å². The minimum absolute atomic E-state index is 0.00516. The highest BCUT2D eigenvalue weighted by atomic mass is 16.7. The number of ketones is 1. The Morgan fingerprint density at radius 2 is 1.43 bits per heavy atom. The molecule has 3 heterocycles. The van der Waals surface area contributed by atoms with Crippen LogP contribution in [0.4, 0.5) is 0 Å². The summed E-state index contributed by atoms with van der Waals surface area (Å²) in [5.74, 6) is -12.1. The van der Waals surface area contributed by atoms with E-state index in [0.29, 0.717) is 0 Å². The van der Waals surface area contributed by atoms with Gasteiger partial charge in [0.25, 0.3) is 0 Å². The van der Waals surface area contributed by atoms with E-state index in [2.05, 4.69) is 4.98 Å². The molecule has 1 spiro atoms. The Kier molecular flexibility index (Phi) is 10.5. The van der Waals surface area contributed by atoms with Gasteiger partial charge in [0.05, 0.1) is 23.1 Å². The predicted molar refractivity (Wildman–Crippen MR) is 173 cm³/mol. The van der Waals surface area contributed by atoms with Crippen LogP contribution in [0.1, 0.15) is 84.3 Å². The predicted octanol–water partition coefficient (Wildman–Crippen LogP) is 1.56. The lowest BCUT2D eigenvalue weighted by Crippen LogP contribution is -2.83. The molecular weight excluding hydrogens is 702 g/mol. The van der Waals surface area contributed by atoms with Crippen molar-refractivity contribution in [3.8, 4) is 0 Å².